The Bertz CT molecular complexity index is 765. The van der Waals surface area contributed by atoms with Gasteiger partial charge in [0.15, 0.2) is 0 Å². The molecular weight excluding hydrogens is 302 g/mol. The van der Waals surface area contributed by atoms with Gasteiger partial charge in [0.2, 0.25) is 0 Å². The Labute approximate surface area is 142 Å². The number of methoxy groups -OCH3 is 1. The van der Waals surface area contributed by atoms with E-state index in [1.54, 1.807) is 14.0 Å². The van der Waals surface area contributed by atoms with E-state index in [0.717, 1.165) is 34.4 Å². The van der Waals surface area contributed by atoms with Crippen LogP contribution >= 0.6 is 0 Å². The number of fused-ring (bicyclic) bond motifs is 1. The second-order valence-corrected chi connectivity index (χ2v) is 6.20. The summed E-state index contributed by atoms with van der Waals surface area (Å²) in [5.41, 5.74) is 3.87. The molecular formula is C20H21NO3. The van der Waals surface area contributed by atoms with Crippen LogP contribution in [0.3, 0.4) is 0 Å². The first-order valence-corrected chi connectivity index (χ1v) is 8.10. The number of amides is 1. The molecule has 0 spiro atoms. The van der Waals surface area contributed by atoms with Crippen molar-refractivity contribution in [2.45, 2.75) is 26.3 Å². The van der Waals surface area contributed by atoms with E-state index in [0.29, 0.717) is 19.5 Å². The van der Waals surface area contributed by atoms with Crippen LogP contribution in [0.25, 0.3) is 0 Å². The van der Waals surface area contributed by atoms with Crippen LogP contribution in [0.4, 0.5) is 0 Å². The van der Waals surface area contributed by atoms with Crippen LogP contribution in [-0.4, -0.2) is 30.2 Å². The predicted octanol–water partition coefficient (Wildman–Crippen LogP) is 3.03. The first kappa shape index (κ1) is 16.2. The molecule has 124 valence electrons. The average Bonchev–Trinajstić information content (AvgIpc) is 2.57. The Morgan fingerprint density at radius 3 is 2.50 bits per heavy atom. The molecule has 0 bridgehead atoms. The maximum absolute atomic E-state index is 12.7. The molecule has 24 heavy (non-hydrogen) atoms. The second kappa shape index (κ2) is 6.87. The molecule has 1 aliphatic rings. The summed E-state index contributed by atoms with van der Waals surface area (Å²) >= 11 is 0. The van der Waals surface area contributed by atoms with Crippen LogP contribution in [0, 0.1) is 0 Å². The maximum Gasteiger partial charge on any atom is 0.254 e. The number of ether oxygens (including phenoxy) is 1. The van der Waals surface area contributed by atoms with Crippen molar-refractivity contribution in [2.24, 2.45) is 0 Å². The first-order chi connectivity index (χ1) is 11.6. The number of hydrogen-bond donors (Lipinski definition) is 0. The lowest BCUT2D eigenvalue weighted by Gasteiger charge is -2.29. The van der Waals surface area contributed by atoms with Gasteiger partial charge in [0.05, 0.1) is 7.11 Å². The molecule has 0 saturated heterocycles. The molecule has 0 fully saturated rings. The number of rotatable bonds is 5. The van der Waals surface area contributed by atoms with E-state index in [1.165, 1.54) is 0 Å². The zero-order valence-electron chi connectivity index (χ0n) is 14.0. The SMILES string of the molecule is COc1ccc(CN2CCc3cc(CC(C)=O)ccc3C2=O)cc1. The fraction of sp³-hybridized carbons (Fsp3) is 0.300. The van der Waals surface area contributed by atoms with E-state index in [1.807, 2.05) is 47.4 Å². The summed E-state index contributed by atoms with van der Waals surface area (Å²) in [4.78, 5) is 25.8. The average molecular weight is 323 g/mol. The molecule has 1 heterocycles. The van der Waals surface area contributed by atoms with Crippen LogP contribution < -0.4 is 4.74 Å². The van der Waals surface area contributed by atoms with Crippen molar-refractivity contribution in [2.75, 3.05) is 13.7 Å². The van der Waals surface area contributed by atoms with Gasteiger partial charge in [0, 0.05) is 25.1 Å². The highest BCUT2D eigenvalue weighted by atomic mass is 16.5. The fourth-order valence-corrected chi connectivity index (χ4v) is 3.09. The molecule has 4 heteroatoms. The Balaban J connectivity index is 1.75. The fourth-order valence-electron chi connectivity index (χ4n) is 3.09. The number of ketones is 1. The summed E-state index contributed by atoms with van der Waals surface area (Å²) in [6.45, 7) is 2.88. The van der Waals surface area contributed by atoms with E-state index in [4.69, 9.17) is 4.74 Å². The quantitative estimate of drug-likeness (QED) is 0.850. The normalized spacial score (nSPS) is 13.6. The molecule has 0 unspecified atom stereocenters. The maximum atomic E-state index is 12.7. The summed E-state index contributed by atoms with van der Waals surface area (Å²) in [5, 5.41) is 0. The molecule has 1 aliphatic heterocycles. The molecule has 0 atom stereocenters. The Morgan fingerprint density at radius 2 is 1.83 bits per heavy atom. The predicted molar refractivity (Wildman–Crippen MR) is 92.3 cm³/mol. The van der Waals surface area contributed by atoms with Crippen LogP contribution in [0.5, 0.6) is 5.75 Å². The third-order valence-electron chi connectivity index (χ3n) is 4.32. The van der Waals surface area contributed by atoms with Crippen molar-refractivity contribution in [3.8, 4) is 5.75 Å². The molecule has 2 aromatic rings. The largest absolute Gasteiger partial charge is 0.497 e. The van der Waals surface area contributed by atoms with Crippen LogP contribution in [-0.2, 0) is 24.2 Å². The summed E-state index contributed by atoms with van der Waals surface area (Å²) in [6.07, 6.45) is 1.25. The van der Waals surface area contributed by atoms with E-state index < -0.39 is 0 Å². The van der Waals surface area contributed by atoms with Gasteiger partial charge in [-0.3, -0.25) is 9.59 Å². The van der Waals surface area contributed by atoms with Crippen molar-refractivity contribution in [1.29, 1.82) is 0 Å². The van der Waals surface area contributed by atoms with Crippen molar-refractivity contribution in [3.63, 3.8) is 0 Å². The van der Waals surface area contributed by atoms with Gasteiger partial charge in [0.25, 0.3) is 5.91 Å². The van der Waals surface area contributed by atoms with Gasteiger partial charge >= 0.3 is 0 Å². The molecule has 0 radical (unpaired) electrons. The molecule has 0 saturated carbocycles. The molecule has 3 rings (SSSR count). The topological polar surface area (TPSA) is 46.6 Å². The van der Waals surface area contributed by atoms with Crippen molar-refractivity contribution >= 4 is 11.7 Å². The van der Waals surface area contributed by atoms with Crippen LogP contribution in [0.2, 0.25) is 0 Å². The lowest BCUT2D eigenvalue weighted by Crippen LogP contribution is -2.37. The van der Waals surface area contributed by atoms with Crippen LogP contribution in [0.1, 0.15) is 34.0 Å². The minimum atomic E-state index is 0.0569. The Hall–Kier alpha value is -2.62. The number of Topliss-reactive ketones (excluding diaryl/α,β-unsaturated/α-hetero) is 1. The van der Waals surface area contributed by atoms with Gasteiger partial charge in [-0.05, 0) is 48.2 Å². The summed E-state index contributed by atoms with van der Waals surface area (Å²) < 4.78 is 5.16. The Kier molecular flexibility index (Phi) is 4.65. The lowest BCUT2D eigenvalue weighted by molar-refractivity contribution is -0.116. The lowest BCUT2D eigenvalue weighted by atomic mass is 9.95. The number of carbonyl (C=O) groups is 2. The van der Waals surface area contributed by atoms with Crippen molar-refractivity contribution < 1.29 is 14.3 Å². The number of benzene rings is 2. The first-order valence-electron chi connectivity index (χ1n) is 8.10. The van der Waals surface area contributed by atoms with Crippen molar-refractivity contribution in [1.82, 2.24) is 4.90 Å². The minimum Gasteiger partial charge on any atom is -0.497 e. The van der Waals surface area contributed by atoms with Gasteiger partial charge < -0.3 is 9.64 Å². The summed E-state index contributed by atoms with van der Waals surface area (Å²) in [7, 11) is 1.64. The zero-order valence-corrected chi connectivity index (χ0v) is 14.0. The van der Waals surface area contributed by atoms with Gasteiger partial charge in [-0.2, -0.15) is 0 Å². The molecule has 0 aromatic heterocycles. The van der Waals surface area contributed by atoms with Gasteiger partial charge in [-0.15, -0.1) is 0 Å². The molecule has 0 aliphatic carbocycles. The van der Waals surface area contributed by atoms with E-state index in [9.17, 15) is 9.59 Å². The number of nitrogens with zero attached hydrogens (tertiary/aromatic N) is 1. The van der Waals surface area contributed by atoms with Crippen LogP contribution in [0.15, 0.2) is 42.5 Å². The van der Waals surface area contributed by atoms with Gasteiger partial charge in [-0.25, -0.2) is 0 Å². The zero-order chi connectivity index (χ0) is 17.1. The smallest absolute Gasteiger partial charge is 0.254 e. The standard InChI is InChI=1S/C20H21NO3/c1-14(22)11-16-5-8-19-17(12-16)9-10-21(20(19)23)13-15-3-6-18(24-2)7-4-15/h3-8,12H,9-11,13H2,1-2H3. The van der Waals surface area contributed by atoms with E-state index in [-0.39, 0.29) is 11.7 Å². The van der Waals surface area contributed by atoms with Gasteiger partial charge in [-0.1, -0.05) is 24.3 Å². The molecule has 0 N–H and O–H groups in total. The van der Waals surface area contributed by atoms with Crippen molar-refractivity contribution in [3.05, 3.63) is 64.7 Å². The summed E-state index contributed by atoms with van der Waals surface area (Å²) in [5.74, 6) is 1.01. The van der Waals surface area contributed by atoms with E-state index in [2.05, 4.69) is 0 Å². The molecule has 1 amide bonds. The highest BCUT2D eigenvalue weighted by Gasteiger charge is 2.24. The second-order valence-electron chi connectivity index (χ2n) is 6.20. The third-order valence-corrected chi connectivity index (χ3v) is 4.32. The minimum absolute atomic E-state index is 0.0569. The van der Waals surface area contributed by atoms with Gasteiger partial charge in [0.1, 0.15) is 11.5 Å². The third kappa shape index (κ3) is 3.48. The summed E-state index contributed by atoms with van der Waals surface area (Å²) in [6, 6.07) is 13.5. The van der Waals surface area contributed by atoms with E-state index >= 15 is 0 Å². The molecule has 2 aromatic carbocycles. The number of carbonyl (C=O) groups excluding carboxylic acids is 2. The Morgan fingerprint density at radius 1 is 1.12 bits per heavy atom. The number of hydrogen-bond acceptors (Lipinski definition) is 3. The highest BCUT2D eigenvalue weighted by molar-refractivity contribution is 5.97. The monoisotopic (exact) mass is 323 g/mol. The highest BCUT2D eigenvalue weighted by Crippen LogP contribution is 2.23. The molecule has 4 nitrogen and oxygen atoms in total.